The van der Waals surface area contributed by atoms with Crippen LogP contribution in [0.15, 0.2) is 61.2 Å². The second-order valence-corrected chi connectivity index (χ2v) is 15.5. The lowest BCUT2D eigenvalue weighted by Crippen LogP contribution is -2.22. The van der Waals surface area contributed by atoms with E-state index in [4.69, 9.17) is 21.1 Å². The van der Waals surface area contributed by atoms with E-state index in [-0.39, 0.29) is 5.28 Å². The van der Waals surface area contributed by atoms with E-state index < -0.39 is 8.07 Å². The van der Waals surface area contributed by atoms with Crippen LogP contribution < -0.4 is 4.74 Å². The standard InChI is InChI=1S/C25H27ClN6O2Si/c1-35(2,3)12-11-33-17-31-15-28-22-23(31)29-25(26)30-24(22)32-16-27-20-13-19(9-10-21(20)32)34-14-18-7-5-4-6-8-18/h4-10,13,15-16H,11-12,14,17H2,1-3H3. The van der Waals surface area contributed by atoms with Crippen molar-refractivity contribution in [2.24, 2.45) is 0 Å². The van der Waals surface area contributed by atoms with Crippen molar-refractivity contribution in [3.05, 3.63) is 72.0 Å². The third-order valence-corrected chi connectivity index (χ3v) is 7.51. The van der Waals surface area contributed by atoms with Gasteiger partial charge < -0.3 is 9.47 Å². The fourth-order valence-electron chi connectivity index (χ4n) is 3.70. The van der Waals surface area contributed by atoms with Gasteiger partial charge in [-0.3, -0.25) is 9.13 Å². The van der Waals surface area contributed by atoms with Crippen molar-refractivity contribution in [1.82, 2.24) is 29.1 Å². The third kappa shape index (κ3) is 5.37. The van der Waals surface area contributed by atoms with Crippen LogP contribution in [0.5, 0.6) is 5.75 Å². The molecule has 5 rings (SSSR count). The van der Waals surface area contributed by atoms with Gasteiger partial charge in [-0.1, -0.05) is 50.0 Å². The third-order valence-electron chi connectivity index (χ3n) is 5.64. The van der Waals surface area contributed by atoms with Crippen LogP contribution in [0.3, 0.4) is 0 Å². The van der Waals surface area contributed by atoms with Gasteiger partial charge in [0.25, 0.3) is 0 Å². The van der Waals surface area contributed by atoms with Crippen molar-refractivity contribution in [2.75, 3.05) is 6.61 Å². The molecule has 0 saturated heterocycles. The molecule has 0 radical (unpaired) electrons. The number of hydrogen-bond donors (Lipinski definition) is 0. The van der Waals surface area contributed by atoms with Crippen LogP contribution >= 0.6 is 11.6 Å². The lowest BCUT2D eigenvalue weighted by molar-refractivity contribution is 0.0895. The van der Waals surface area contributed by atoms with Gasteiger partial charge in [-0.2, -0.15) is 9.97 Å². The number of benzene rings is 2. The molecule has 0 aliphatic carbocycles. The smallest absolute Gasteiger partial charge is 0.226 e. The molecular formula is C25H27ClN6O2Si. The number of halogens is 1. The van der Waals surface area contributed by atoms with E-state index in [1.807, 2.05) is 57.7 Å². The van der Waals surface area contributed by atoms with Gasteiger partial charge in [0, 0.05) is 20.7 Å². The lowest BCUT2D eigenvalue weighted by atomic mass is 10.2. The second kappa shape index (κ2) is 9.77. The maximum absolute atomic E-state index is 6.31. The molecule has 0 N–H and O–H groups in total. The van der Waals surface area contributed by atoms with E-state index >= 15 is 0 Å². The van der Waals surface area contributed by atoms with Crippen molar-refractivity contribution >= 4 is 41.9 Å². The maximum Gasteiger partial charge on any atom is 0.226 e. The fraction of sp³-hybridized carbons (Fsp3) is 0.280. The minimum Gasteiger partial charge on any atom is -0.489 e. The highest BCUT2D eigenvalue weighted by Crippen LogP contribution is 2.26. The molecule has 180 valence electrons. The van der Waals surface area contributed by atoms with Gasteiger partial charge >= 0.3 is 0 Å². The Labute approximate surface area is 209 Å². The van der Waals surface area contributed by atoms with Crippen LogP contribution in [0.1, 0.15) is 5.56 Å². The fourth-order valence-corrected chi connectivity index (χ4v) is 4.62. The summed E-state index contributed by atoms with van der Waals surface area (Å²) >= 11 is 6.31. The first-order valence-corrected chi connectivity index (χ1v) is 15.6. The molecule has 10 heteroatoms. The monoisotopic (exact) mass is 506 g/mol. The molecule has 3 aromatic heterocycles. The predicted molar refractivity (Wildman–Crippen MR) is 140 cm³/mol. The molecule has 0 saturated carbocycles. The molecule has 0 aliphatic rings. The molecule has 0 fully saturated rings. The van der Waals surface area contributed by atoms with Crippen molar-refractivity contribution < 1.29 is 9.47 Å². The number of imidazole rings is 2. The Hall–Kier alpha value is -3.27. The van der Waals surface area contributed by atoms with Gasteiger partial charge in [0.15, 0.2) is 17.0 Å². The Kier molecular flexibility index (Phi) is 6.55. The zero-order valence-electron chi connectivity index (χ0n) is 20.0. The van der Waals surface area contributed by atoms with Crippen molar-refractivity contribution in [2.45, 2.75) is 39.0 Å². The van der Waals surface area contributed by atoms with Gasteiger partial charge in [0.2, 0.25) is 5.28 Å². The Morgan fingerprint density at radius 2 is 1.80 bits per heavy atom. The van der Waals surface area contributed by atoms with E-state index in [1.54, 1.807) is 12.7 Å². The molecule has 35 heavy (non-hydrogen) atoms. The molecule has 0 aliphatic heterocycles. The Morgan fingerprint density at radius 3 is 2.60 bits per heavy atom. The number of ether oxygens (including phenoxy) is 2. The Morgan fingerprint density at radius 1 is 0.971 bits per heavy atom. The first-order chi connectivity index (χ1) is 16.9. The lowest BCUT2D eigenvalue weighted by Gasteiger charge is -2.15. The van der Waals surface area contributed by atoms with E-state index in [9.17, 15) is 0 Å². The molecule has 0 atom stereocenters. The van der Waals surface area contributed by atoms with Gasteiger partial charge in [0.1, 0.15) is 25.4 Å². The number of hydrogen-bond acceptors (Lipinski definition) is 6. The number of fused-ring (bicyclic) bond motifs is 2. The summed E-state index contributed by atoms with van der Waals surface area (Å²) in [5.41, 5.74) is 4.02. The van der Waals surface area contributed by atoms with Crippen molar-refractivity contribution in [3.8, 4) is 11.6 Å². The van der Waals surface area contributed by atoms with Crippen LogP contribution in [0, 0.1) is 0 Å². The van der Waals surface area contributed by atoms with E-state index in [0.717, 1.165) is 28.4 Å². The molecule has 8 nitrogen and oxygen atoms in total. The van der Waals surface area contributed by atoms with Crippen LogP contribution in [0.4, 0.5) is 0 Å². The highest BCUT2D eigenvalue weighted by Gasteiger charge is 2.17. The SMILES string of the molecule is C[Si](C)(C)CCOCn1cnc2c(-n3cnc4cc(OCc5ccccc5)ccc43)nc(Cl)nc21. The average molecular weight is 507 g/mol. The second-order valence-electron chi connectivity index (χ2n) is 9.59. The molecule has 0 amide bonds. The predicted octanol–water partition coefficient (Wildman–Crippen LogP) is 5.71. The highest BCUT2D eigenvalue weighted by molar-refractivity contribution is 6.76. The van der Waals surface area contributed by atoms with E-state index in [2.05, 4.69) is 39.6 Å². The summed E-state index contributed by atoms with van der Waals surface area (Å²) in [5.74, 6) is 1.32. The van der Waals surface area contributed by atoms with Crippen LogP contribution in [-0.2, 0) is 18.1 Å². The number of rotatable bonds is 9. The number of aromatic nitrogens is 6. The summed E-state index contributed by atoms with van der Waals surface area (Å²) < 4.78 is 15.6. The number of nitrogens with zero attached hydrogens (tertiary/aromatic N) is 6. The summed E-state index contributed by atoms with van der Waals surface area (Å²) in [5, 5.41) is 0.140. The minimum atomic E-state index is -1.16. The van der Waals surface area contributed by atoms with Gasteiger partial charge in [-0.05, 0) is 35.3 Å². The quantitative estimate of drug-likeness (QED) is 0.145. The van der Waals surface area contributed by atoms with Gasteiger partial charge in [-0.15, -0.1) is 0 Å². The molecule has 5 aromatic rings. The van der Waals surface area contributed by atoms with E-state index in [1.165, 1.54) is 0 Å². The topological polar surface area (TPSA) is 79.9 Å². The van der Waals surface area contributed by atoms with E-state index in [0.29, 0.717) is 36.9 Å². The molecule has 0 spiro atoms. The molecular weight excluding hydrogens is 480 g/mol. The van der Waals surface area contributed by atoms with Gasteiger partial charge in [-0.25, -0.2) is 9.97 Å². The van der Waals surface area contributed by atoms with Gasteiger partial charge in [0.05, 0.1) is 17.4 Å². The first-order valence-electron chi connectivity index (χ1n) is 11.5. The summed E-state index contributed by atoms with van der Waals surface area (Å²) in [7, 11) is -1.16. The summed E-state index contributed by atoms with van der Waals surface area (Å²) in [4.78, 5) is 18.0. The van der Waals surface area contributed by atoms with Crippen LogP contribution in [-0.4, -0.2) is 43.8 Å². The normalized spacial score (nSPS) is 12.0. The zero-order chi connectivity index (χ0) is 24.4. The largest absolute Gasteiger partial charge is 0.489 e. The van der Waals surface area contributed by atoms with Crippen molar-refractivity contribution in [1.29, 1.82) is 0 Å². The Bertz CT molecular complexity index is 1460. The highest BCUT2D eigenvalue weighted by atomic mass is 35.5. The summed E-state index contributed by atoms with van der Waals surface area (Å²) in [6.45, 7) is 8.55. The Balaban J connectivity index is 1.40. The molecule has 0 unspecified atom stereocenters. The zero-order valence-corrected chi connectivity index (χ0v) is 21.7. The molecule has 2 aromatic carbocycles. The average Bonchev–Trinajstić information content (AvgIpc) is 3.44. The maximum atomic E-state index is 6.31. The first kappa shape index (κ1) is 23.5. The summed E-state index contributed by atoms with van der Waals surface area (Å²) in [6.07, 6.45) is 3.43. The molecule has 3 heterocycles. The minimum absolute atomic E-state index is 0.140. The van der Waals surface area contributed by atoms with Crippen LogP contribution in [0.25, 0.3) is 28.0 Å². The molecule has 0 bridgehead atoms. The summed E-state index contributed by atoms with van der Waals surface area (Å²) in [6, 6.07) is 17.0. The van der Waals surface area contributed by atoms with Crippen LogP contribution in [0.2, 0.25) is 31.0 Å². The van der Waals surface area contributed by atoms with Crippen molar-refractivity contribution in [3.63, 3.8) is 0 Å².